The van der Waals surface area contributed by atoms with Gasteiger partial charge in [-0.2, -0.15) is 0 Å². The SMILES string of the molecule is c1ccc(Nc2ccccc2-c2cccc(-c3cccc(-c4ccc5[nH]c6ccccc6c5c4)c3)c2)cc1. The zero-order valence-corrected chi connectivity index (χ0v) is 20.9. The fourth-order valence-corrected chi connectivity index (χ4v) is 5.29. The molecule has 38 heavy (non-hydrogen) atoms. The Bertz CT molecular complexity index is 1900. The number of hydrogen-bond donors (Lipinski definition) is 2. The molecule has 0 fully saturated rings. The molecule has 7 rings (SSSR count). The zero-order valence-electron chi connectivity index (χ0n) is 20.9. The monoisotopic (exact) mass is 486 g/mol. The van der Waals surface area contributed by atoms with Gasteiger partial charge in [0.15, 0.2) is 0 Å². The number of benzene rings is 6. The summed E-state index contributed by atoms with van der Waals surface area (Å²) in [6.45, 7) is 0. The van der Waals surface area contributed by atoms with Crippen molar-refractivity contribution in [3.8, 4) is 33.4 Å². The number of hydrogen-bond acceptors (Lipinski definition) is 1. The van der Waals surface area contributed by atoms with E-state index in [9.17, 15) is 0 Å². The van der Waals surface area contributed by atoms with Crippen molar-refractivity contribution in [2.45, 2.75) is 0 Å². The maximum Gasteiger partial charge on any atom is 0.0465 e. The molecule has 0 radical (unpaired) electrons. The van der Waals surface area contributed by atoms with E-state index in [4.69, 9.17) is 0 Å². The predicted molar refractivity (Wildman–Crippen MR) is 162 cm³/mol. The first-order valence-corrected chi connectivity index (χ1v) is 12.9. The summed E-state index contributed by atoms with van der Waals surface area (Å²) in [5.74, 6) is 0. The van der Waals surface area contributed by atoms with Crippen LogP contribution in [0.2, 0.25) is 0 Å². The van der Waals surface area contributed by atoms with Crippen molar-refractivity contribution >= 4 is 33.2 Å². The van der Waals surface area contributed by atoms with Gasteiger partial charge in [-0.3, -0.25) is 0 Å². The summed E-state index contributed by atoms with van der Waals surface area (Å²) in [6, 6.07) is 51.6. The minimum atomic E-state index is 1.08. The number of anilines is 2. The number of rotatable bonds is 5. The molecule has 0 unspecified atom stereocenters. The van der Waals surface area contributed by atoms with Crippen LogP contribution in [0.1, 0.15) is 0 Å². The van der Waals surface area contributed by atoms with Crippen molar-refractivity contribution in [2.75, 3.05) is 5.32 Å². The molecule has 0 atom stereocenters. The smallest absolute Gasteiger partial charge is 0.0465 e. The molecule has 0 aliphatic rings. The van der Waals surface area contributed by atoms with E-state index in [1.807, 2.05) is 6.07 Å². The zero-order chi connectivity index (χ0) is 25.3. The Morgan fingerprint density at radius 3 is 1.82 bits per heavy atom. The van der Waals surface area contributed by atoms with Gasteiger partial charge in [0.25, 0.3) is 0 Å². The fourth-order valence-electron chi connectivity index (χ4n) is 5.29. The summed E-state index contributed by atoms with van der Waals surface area (Å²) >= 11 is 0. The van der Waals surface area contributed by atoms with Crippen LogP contribution >= 0.6 is 0 Å². The van der Waals surface area contributed by atoms with Crippen LogP contribution in [0.15, 0.2) is 146 Å². The van der Waals surface area contributed by atoms with Crippen LogP contribution in [0.25, 0.3) is 55.2 Å². The van der Waals surface area contributed by atoms with Gasteiger partial charge in [-0.1, -0.05) is 97.1 Å². The molecule has 0 bridgehead atoms. The van der Waals surface area contributed by atoms with Gasteiger partial charge >= 0.3 is 0 Å². The van der Waals surface area contributed by atoms with E-state index in [1.54, 1.807) is 0 Å². The summed E-state index contributed by atoms with van der Waals surface area (Å²) in [7, 11) is 0. The second kappa shape index (κ2) is 9.42. The van der Waals surface area contributed by atoms with Crippen LogP contribution in [0, 0.1) is 0 Å². The highest BCUT2D eigenvalue weighted by Gasteiger charge is 2.09. The molecule has 1 aromatic heterocycles. The van der Waals surface area contributed by atoms with Crippen molar-refractivity contribution < 1.29 is 0 Å². The maximum atomic E-state index is 3.58. The first-order valence-electron chi connectivity index (χ1n) is 12.9. The largest absolute Gasteiger partial charge is 0.355 e. The van der Waals surface area contributed by atoms with Crippen molar-refractivity contribution in [1.29, 1.82) is 0 Å². The number of nitrogens with one attached hydrogen (secondary N) is 2. The quantitative estimate of drug-likeness (QED) is 0.249. The van der Waals surface area contributed by atoms with Gasteiger partial charge in [-0.15, -0.1) is 0 Å². The number of fused-ring (bicyclic) bond motifs is 3. The predicted octanol–water partition coefficient (Wildman–Crippen LogP) is 10.1. The summed E-state index contributed by atoms with van der Waals surface area (Å²) < 4.78 is 0. The molecule has 0 spiro atoms. The van der Waals surface area contributed by atoms with Crippen LogP contribution < -0.4 is 5.32 Å². The maximum absolute atomic E-state index is 3.58. The van der Waals surface area contributed by atoms with Gasteiger partial charge < -0.3 is 10.3 Å². The number of aromatic amines is 1. The topological polar surface area (TPSA) is 27.8 Å². The summed E-state index contributed by atoms with van der Waals surface area (Å²) in [5, 5.41) is 6.10. The van der Waals surface area contributed by atoms with E-state index < -0.39 is 0 Å². The Kier molecular flexibility index (Phi) is 5.49. The molecule has 180 valence electrons. The molecule has 6 aromatic carbocycles. The van der Waals surface area contributed by atoms with Gasteiger partial charge in [0.05, 0.1) is 0 Å². The Balaban J connectivity index is 1.25. The van der Waals surface area contributed by atoms with E-state index in [0.29, 0.717) is 0 Å². The third kappa shape index (κ3) is 4.12. The third-order valence-corrected chi connectivity index (χ3v) is 7.19. The standard InChI is InChI=1S/C36H26N2/c1-2-14-30(15-3-1)37-34-18-6-4-16-31(34)29-13-9-12-27(23-29)25-10-8-11-26(22-25)28-20-21-36-33(24-28)32-17-5-7-19-35(32)38-36/h1-24,37-38H. The molecule has 7 aromatic rings. The molecule has 0 saturated carbocycles. The Labute approximate surface area is 222 Å². The minimum Gasteiger partial charge on any atom is -0.355 e. The van der Waals surface area contributed by atoms with Gasteiger partial charge in [-0.05, 0) is 76.3 Å². The average Bonchev–Trinajstić information content (AvgIpc) is 3.36. The molecule has 2 N–H and O–H groups in total. The van der Waals surface area contributed by atoms with Crippen molar-refractivity contribution in [3.05, 3.63) is 146 Å². The van der Waals surface area contributed by atoms with Crippen molar-refractivity contribution in [1.82, 2.24) is 4.98 Å². The molecular weight excluding hydrogens is 460 g/mol. The number of aromatic nitrogens is 1. The third-order valence-electron chi connectivity index (χ3n) is 7.19. The molecule has 0 aliphatic heterocycles. The second-order valence-corrected chi connectivity index (χ2v) is 9.63. The highest BCUT2D eigenvalue weighted by molar-refractivity contribution is 6.08. The lowest BCUT2D eigenvalue weighted by Gasteiger charge is -2.14. The fraction of sp³-hybridized carbons (Fsp3) is 0. The van der Waals surface area contributed by atoms with Crippen LogP contribution in [-0.4, -0.2) is 4.98 Å². The molecule has 0 aliphatic carbocycles. The van der Waals surface area contributed by atoms with Crippen LogP contribution in [0.3, 0.4) is 0 Å². The lowest BCUT2D eigenvalue weighted by Crippen LogP contribution is -1.93. The first kappa shape index (κ1) is 22.1. The van der Waals surface area contributed by atoms with Crippen molar-refractivity contribution in [3.63, 3.8) is 0 Å². The van der Waals surface area contributed by atoms with E-state index in [2.05, 4.69) is 150 Å². The van der Waals surface area contributed by atoms with Gasteiger partial charge in [-0.25, -0.2) is 0 Å². The summed E-state index contributed by atoms with van der Waals surface area (Å²) in [5.41, 5.74) is 11.7. The lowest BCUT2D eigenvalue weighted by molar-refractivity contribution is 1.53. The van der Waals surface area contributed by atoms with E-state index in [0.717, 1.165) is 11.4 Å². The lowest BCUT2D eigenvalue weighted by atomic mass is 9.95. The normalized spacial score (nSPS) is 11.2. The minimum absolute atomic E-state index is 1.08. The van der Waals surface area contributed by atoms with E-state index in [-0.39, 0.29) is 0 Å². The van der Waals surface area contributed by atoms with Crippen LogP contribution in [0.5, 0.6) is 0 Å². The molecule has 2 heteroatoms. The number of para-hydroxylation sites is 3. The van der Waals surface area contributed by atoms with Crippen LogP contribution in [0.4, 0.5) is 11.4 Å². The molecule has 1 heterocycles. The average molecular weight is 487 g/mol. The second-order valence-electron chi connectivity index (χ2n) is 9.63. The summed E-state index contributed by atoms with van der Waals surface area (Å²) in [4.78, 5) is 3.53. The van der Waals surface area contributed by atoms with Gasteiger partial charge in [0.1, 0.15) is 0 Å². The summed E-state index contributed by atoms with van der Waals surface area (Å²) in [6.07, 6.45) is 0. The Morgan fingerprint density at radius 2 is 1.00 bits per heavy atom. The molecule has 2 nitrogen and oxygen atoms in total. The Morgan fingerprint density at radius 1 is 0.395 bits per heavy atom. The Hall–Kier alpha value is -5.08. The van der Waals surface area contributed by atoms with Gasteiger partial charge in [0, 0.05) is 38.7 Å². The highest BCUT2D eigenvalue weighted by atomic mass is 14.9. The molecular formula is C36H26N2. The van der Waals surface area contributed by atoms with E-state index in [1.165, 1.54) is 55.2 Å². The molecule has 0 amide bonds. The van der Waals surface area contributed by atoms with Gasteiger partial charge in [0.2, 0.25) is 0 Å². The molecule has 0 saturated heterocycles. The number of H-pyrrole nitrogens is 1. The highest BCUT2D eigenvalue weighted by Crippen LogP contribution is 2.35. The van der Waals surface area contributed by atoms with Crippen LogP contribution in [-0.2, 0) is 0 Å². The van der Waals surface area contributed by atoms with E-state index >= 15 is 0 Å². The van der Waals surface area contributed by atoms with Crippen molar-refractivity contribution in [2.24, 2.45) is 0 Å². The first-order chi connectivity index (χ1) is 18.8.